The first-order valence-electron chi connectivity index (χ1n) is 5.56. The molecule has 0 saturated carbocycles. The molecule has 2 heteroatoms. The normalized spacial score (nSPS) is 10.6. The minimum Gasteiger partial charge on any atom is -0.360 e. The summed E-state index contributed by atoms with van der Waals surface area (Å²) >= 11 is 0. The quantitative estimate of drug-likeness (QED) is 0.832. The molecule has 2 aromatic carbocycles. The first-order chi connectivity index (χ1) is 8.36. The van der Waals surface area contributed by atoms with Crippen molar-refractivity contribution in [3.05, 3.63) is 78.3 Å². The van der Waals surface area contributed by atoms with Gasteiger partial charge < -0.3 is 5.32 Å². The second kappa shape index (κ2) is 5.85. The van der Waals surface area contributed by atoms with Crippen molar-refractivity contribution >= 4 is 5.69 Å². The van der Waals surface area contributed by atoms with Gasteiger partial charge in [0.05, 0.1) is 5.69 Å². The van der Waals surface area contributed by atoms with Crippen LogP contribution in [-0.2, 0) is 6.42 Å². The van der Waals surface area contributed by atoms with Gasteiger partial charge in [0.15, 0.2) is 0 Å². The van der Waals surface area contributed by atoms with E-state index in [9.17, 15) is 4.39 Å². The van der Waals surface area contributed by atoms with Gasteiger partial charge in [0.1, 0.15) is 5.82 Å². The van der Waals surface area contributed by atoms with Crippen LogP contribution in [0.25, 0.3) is 0 Å². The Bertz CT molecular complexity index is 491. The average molecular weight is 227 g/mol. The van der Waals surface area contributed by atoms with Crippen molar-refractivity contribution in [1.29, 1.82) is 0 Å². The molecule has 0 aliphatic heterocycles. The second-order valence-electron chi connectivity index (χ2n) is 3.72. The van der Waals surface area contributed by atoms with Crippen LogP contribution in [0, 0.1) is 5.82 Å². The maximum atomic E-state index is 13.2. The van der Waals surface area contributed by atoms with E-state index < -0.39 is 0 Å². The molecule has 0 heterocycles. The van der Waals surface area contributed by atoms with E-state index in [1.54, 1.807) is 24.4 Å². The molecule has 0 amide bonds. The predicted molar refractivity (Wildman–Crippen MR) is 69.3 cm³/mol. The lowest BCUT2D eigenvalue weighted by Crippen LogP contribution is -1.91. The van der Waals surface area contributed by atoms with E-state index in [2.05, 4.69) is 17.4 Å². The van der Waals surface area contributed by atoms with E-state index in [0.717, 1.165) is 6.42 Å². The van der Waals surface area contributed by atoms with Crippen LogP contribution < -0.4 is 5.32 Å². The number of rotatable bonds is 4. The topological polar surface area (TPSA) is 12.0 Å². The van der Waals surface area contributed by atoms with Crippen LogP contribution in [0.3, 0.4) is 0 Å². The van der Waals surface area contributed by atoms with Crippen LogP contribution in [0.4, 0.5) is 10.1 Å². The molecule has 0 aliphatic rings. The molecule has 17 heavy (non-hydrogen) atoms. The zero-order chi connectivity index (χ0) is 11.9. The fourth-order valence-corrected chi connectivity index (χ4v) is 1.54. The number of hydrogen-bond donors (Lipinski definition) is 1. The second-order valence-corrected chi connectivity index (χ2v) is 3.72. The monoisotopic (exact) mass is 227 g/mol. The van der Waals surface area contributed by atoms with Gasteiger partial charge in [-0.3, -0.25) is 0 Å². The van der Waals surface area contributed by atoms with Crippen LogP contribution in [0.5, 0.6) is 0 Å². The van der Waals surface area contributed by atoms with E-state index in [-0.39, 0.29) is 5.82 Å². The molecule has 0 atom stereocenters. The molecule has 2 aromatic rings. The Balaban J connectivity index is 1.89. The fraction of sp³-hybridized carbons (Fsp3) is 0.0667. The first-order valence-corrected chi connectivity index (χ1v) is 5.56. The Hall–Kier alpha value is -2.09. The number of benzene rings is 2. The minimum atomic E-state index is -0.239. The number of para-hydroxylation sites is 1. The number of halogens is 1. The van der Waals surface area contributed by atoms with Crippen molar-refractivity contribution in [3.63, 3.8) is 0 Å². The lowest BCUT2D eigenvalue weighted by atomic mass is 10.1. The number of hydrogen-bond acceptors (Lipinski definition) is 1. The third kappa shape index (κ3) is 3.45. The average Bonchev–Trinajstić information content (AvgIpc) is 2.38. The van der Waals surface area contributed by atoms with Crippen LogP contribution >= 0.6 is 0 Å². The molecule has 0 fully saturated rings. The highest BCUT2D eigenvalue weighted by Crippen LogP contribution is 2.12. The standard InChI is InChI=1S/C15H14FN/c16-14-10-4-5-11-15(14)17-12-6-9-13-7-2-1-3-8-13/h1-8,10-12,17H,9H2/b12-6+. The van der Waals surface area contributed by atoms with Crippen LogP contribution in [0.15, 0.2) is 66.9 Å². The Kier molecular flexibility index (Phi) is 3.92. The van der Waals surface area contributed by atoms with Gasteiger partial charge in [-0.2, -0.15) is 0 Å². The maximum absolute atomic E-state index is 13.2. The van der Waals surface area contributed by atoms with Crippen LogP contribution in [0.1, 0.15) is 5.56 Å². The van der Waals surface area contributed by atoms with Crippen molar-refractivity contribution in [3.8, 4) is 0 Å². The van der Waals surface area contributed by atoms with Gasteiger partial charge in [0, 0.05) is 0 Å². The SMILES string of the molecule is Fc1ccccc1N/C=C/Cc1ccccc1. The van der Waals surface area contributed by atoms with Crippen molar-refractivity contribution < 1.29 is 4.39 Å². The summed E-state index contributed by atoms with van der Waals surface area (Å²) in [6, 6.07) is 16.8. The number of allylic oxidation sites excluding steroid dienone is 1. The summed E-state index contributed by atoms with van der Waals surface area (Å²) in [7, 11) is 0. The van der Waals surface area contributed by atoms with Crippen LogP contribution in [0.2, 0.25) is 0 Å². The Morgan fingerprint density at radius 3 is 2.41 bits per heavy atom. The third-order valence-electron chi connectivity index (χ3n) is 2.43. The summed E-state index contributed by atoms with van der Waals surface area (Å²) in [5.74, 6) is -0.239. The van der Waals surface area contributed by atoms with Crippen molar-refractivity contribution in [2.75, 3.05) is 5.32 Å². The fourth-order valence-electron chi connectivity index (χ4n) is 1.54. The third-order valence-corrected chi connectivity index (χ3v) is 2.43. The molecule has 0 radical (unpaired) electrons. The molecule has 0 spiro atoms. The van der Waals surface area contributed by atoms with E-state index in [0.29, 0.717) is 5.69 Å². The molecule has 1 N–H and O–H groups in total. The molecule has 0 saturated heterocycles. The van der Waals surface area contributed by atoms with E-state index in [4.69, 9.17) is 0 Å². The molecular weight excluding hydrogens is 213 g/mol. The molecule has 0 bridgehead atoms. The van der Waals surface area contributed by atoms with Crippen molar-refractivity contribution in [1.82, 2.24) is 0 Å². The van der Waals surface area contributed by atoms with Gasteiger partial charge in [-0.15, -0.1) is 0 Å². The van der Waals surface area contributed by atoms with Crippen molar-refractivity contribution in [2.24, 2.45) is 0 Å². The molecule has 0 aromatic heterocycles. The summed E-state index contributed by atoms with van der Waals surface area (Å²) in [5.41, 5.74) is 1.73. The first kappa shape index (κ1) is 11.4. The molecule has 1 nitrogen and oxygen atoms in total. The van der Waals surface area contributed by atoms with E-state index in [1.165, 1.54) is 11.6 Å². The Morgan fingerprint density at radius 1 is 0.941 bits per heavy atom. The van der Waals surface area contributed by atoms with Crippen LogP contribution in [-0.4, -0.2) is 0 Å². The minimum absolute atomic E-state index is 0.239. The van der Waals surface area contributed by atoms with Crippen molar-refractivity contribution in [2.45, 2.75) is 6.42 Å². The lowest BCUT2D eigenvalue weighted by molar-refractivity contribution is 0.632. The van der Waals surface area contributed by atoms with E-state index >= 15 is 0 Å². The predicted octanol–water partition coefficient (Wildman–Crippen LogP) is 3.99. The zero-order valence-electron chi connectivity index (χ0n) is 9.44. The molecule has 0 unspecified atom stereocenters. The number of anilines is 1. The van der Waals surface area contributed by atoms with Gasteiger partial charge in [-0.25, -0.2) is 4.39 Å². The van der Waals surface area contributed by atoms with E-state index in [1.807, 2.05) is 24.3 Å². The van der Waals surface area contributed by atoms with Gasteiger partial charge >= 0.3 is 0 Å². The summed E-state index contributed by atoms with van der Waals surface area (Å²) in [4.78, 5) is 0. The number of nitrogens with one attached hydrogen (secondary N) is 1. The molecule has 2 rings (SSSR count). The van der Waals surface area contributed by atoms with Gasteiger partial charge in [0.25, 0.3) is 0 Å². The smallest absolute Gasteiger partial charge is 0.146 e. The zero-order valence-corrected chi connectivity index (χ0v) is 9.44. The lowest BCUT2D eigenvalue weighted by Gasteiger charge is -2.01. The molecular formula is C15H14FN. The highest BCUT2D eigenvalue weighted by Gasteiger charge is 1.95. The van der Waals surface area contributed by atoms with Gasteiger partial charge in [0.2, 0.25) is 0 Å². The highest BCUT2D eigenvalue weighted by atomic mass is 19.1. The van der Waals surface area contributed by atoms with Gasteiger partial charge in [-0.1, -0.05) is 48.5 Å². The molecule has 0 aliphatic carbocycles. The maximum Gasteiger partial charge on any atom is 0.146 e. The van der Waals surface area contributed by atoms with Gasteiger partial charge in [-0.05, 0) is 30.3 Å². The summed E-state index contributed by atoms with van der Waals surface area (Å²) in [6.45, 7) is 0. The Morgan fingerprint density at radius 2 is 1.65 bits per heavy atom. The Labute approximate surface area is 101 Å². The summed E-state index contributed by atoms with van der Waals surface area (Å²) in [5, 5.41) is 2.93. The summed E-state index contributed by atoms with van der Waals surface area (Å²) < 4.78 is 13.2. The summed E-state index contributed by atoms with van der Waals surface area (Å²) in [6.07, 6.45) is 4.58. The molecule has 86 valence electrons. The highest BCUT2D eigenvalue weighted by molar-refractivity contribution is 5.46. The largest absolute Gasteiger partial charge is 0.360 e.